The Morgan fingerprint density at radius 1 is 0.812 bits per heavy atom. The first-order valence-electron chi connectivity index (χ1n) is 16.2. The van der Waals surface area contributed by atoms with Gasteiger partial charge in [0.05, 0.1) is 11.7 Å². The monoisotopic (exact) mass is 659 g/mol. The number of halogens is 3. The minimum absolute atomic E-state index is 0.00165. The zero-order valence-corrected chi connectivity index (χ0v) is 26.2. The van der Waals surface area contributed by atoms with Crippen LogP contribution in [0.2, 0.25) is 0 Å². The summed E-state index contributed by atoms with van der Waals surface area (Å²) in [6.45, 7) is 0. The number of ether oxygens (including phenoxy) is 2. The minimum atomic E-state index is -1.10. The molecule has 3 N–H and O–H groups in total. The smallest absolute Gasteiger partial charge is 0.328 e. The predicted molar refractivity (Wildman–Crippen MR) is 174 cm³/mol. The quantitative estimate of drug-likeness (QED) is 0.146. The third-order valence-corrected chi connectivity index (χ3v) is 9.03. The molecule has 1 heterocycles. The van der Waals surface area contributed by atoms with Gasteiger partial charge in [-0.15, -0.1) is 0 Å². The van der Waals surface area contributed by atoms with Crippen molar-refractivity contribution in [3.8, 4) is 11.4 Å². The van der Waals surface area contributed by atoms with Gasteiger partial charge in [-0.05, 0) is 87.3 Å². The fourth-order valence-electron chi connectivity index (χ4n) is 6.52. The van der Waals surface area contributed by atoms with Crippen molar-refractivity contribution in [3.05, 3.63) is 123 Å². The lowest BCUT2D eigenvalue weighted by atomic mass is 9.91. The highest BCUT2D eigenvalue weighted by molar-refractivity contribution is 6.11. The maximum atomic E-state index is 15.5. The van der Waals surface area contributed by atoms with Crippen LogP contribution in [0, 0.1) is 17.5 Å². The number of nitrogen functional groups attached to an aromatic ring is 1. The van der Waals surface area contributed by atoms with E-state index in [2.05, 4.69) is 5.32 Å². The average Bonchev–Trinajstić information content (AvgIpc) is 3.59. The lowest BCUT2D eigenvalue weighted by Gasteiger charge is -2.32. The SMILES string of the molecule is Nc1c(C(=O)c2ccc(F)cc2)ccc(=O)n1-c1c(F)cc(OC2CCC(NC(C(=O)OC3CCCC3)c3ccccc3)CC2)cc1F. The Kier molecular flexibility index (Phi) is 9.95. The van der Waals surface area contributed by atoms with Crippen LogP contribution in [0.5, 0.6) is 5.75 Å². The summed E-state index contributed by atoms with van der Waals surface area (Å²) in [4.78, 5) is 39.0. The number of carbonyl (C=O) groups is 2. The number of nitrogens with one attached hydrogen (secondary N) is 1. The largest absolute Gasteiger partial charge is 0.490 e. The minimum Gasteiger partial charge on any atom is -0.490 e. The molecule has 0 spiro atoms. The van der Waals surface area contributed by atoms with Crippen molar-refractivity contribution in [2.75, 3.05) is 5.73 Å². The summed E-state index contributed by atoms with van der Waals surface area (Å²) in [6, 6.07) is 17.6. The molecule has 0 amide bonds. The van der Waals surface area contributed by atoms with Crippen molar-refractivity contribution >= 4 is 17.6 Å². The van der Waals surface area contributed by atoms with Crippen molar-refractivity contribution in [2.24, 2.45) is 0 Å². The number of nitrogens with zero attached hydrogens (tertiary/aromatic N) is 1. The number of benzene rings is 3. The van der Waals surface area contributed by atoms with Crippen LogP contribution in [0.3, 0.4) is 0 Å². The number of rotatable bonds is 10. The van der Waals surface area contributed by atoms with Crippen LogP contribution < -0.4 is 21.3 Å². The highest BCUT2D eigenvalue weighted by Gasteiger charge is 2.31. The normalized spacial score (nSPS) is 18.7. The van der Waals surface area contributed by atoms with Crippen molar-refractivity contribution in [2.45, 2.75) is 75.7 Å². The van der Waals surface area contributed by atoms with E-state index in [4.69, 9.17) is 15.2 Å². The molecule has 1 aromatic heterocycles. The van der Waals surface area contributed by atoms with E-state index in [1.807, 2.05) is 30.3 Å². The lowest BCUT2D eigenvalue weighted by molar-refractivity contribution is -0.152. The Hall–Kier alpha value is -4.90. The predicted octanol–water partition coefficient (Wildman–Crippen LogP) is 6.57. The van der Waals surface area contributed by atoms with Gasteiger partial charge in [0, 0.05) is 29.8 Å². The highest BCUT2D eigenvalue weighted by atomic mass is 19.1. The summed E-state index contributed by atoms with van der Waals surface area (Å²) in [7, 11) is 0. The molecule has 0 saturated heterocycles. The van der Waals surface area contributed by atoms with Crippen LogP contribution in [0.1, 0.15) is 78.9 Å². The fourth-order valence-corrected chi connectivity index (χ4v) is 6.52. The van der Waals surface area contributed by atoms with Gasteiger partial charge in [-0.25, -0.2) is 18.0 Å². The van der Waals surface area contributed by atoms with Crippen LogP contribution in [-0.4, -0.2) is 34.6 Å². The molecule has 2 aliphatic rings. The number of carbonyl (C=O) groups excluding carboxylic acids is 2. The highest BCUT2D eigenvalue weighted by Crippen LogP contribution is 2.31. The van der Waals surface area contributed by atoms with E-state index in [9.17, 15) is 18.8 Å². The number of pyridine rings is 1. The molecule has 1 atom stereocenters. The van der Waals surface area contributed by atoms with Gasteiger partial charge >= 0.3 is 5.97 Å². The Labute approximate surface area is 275 Å². The molecule has 0 aliphatic heterocycles. The second kappa shape index (κ2) is 14.5. The summed E-state index contributed by atoms with van der Waals surface area (Å²) in [5.41, 5.74) is 5.27. The first kappa shape index (κ1) is 33.0. The van der Waals surface area contributed by atoms with Gasteiger partial charge in [-0.1, -0.05) is 30.3 Å². The van der Waals surface area contributed by atoms with Crippen LogP contribution in [0.15, 0.2) is 83.7 Å². The van der Waals surface area contributed by atoms with E-state index in [1.54, 1.807) is 0 Å². The van der Waals surface area contributed by atoms with Crippen LogP contribution in [0.25, 0.3) is 5.69 Å². The van der Waals surface area contributed by atoms with Gasteiger partial charge in [0.15, 0.2) is 17.4 Å². The lowest BCUT2D eigenvalue weighted by Crippen LogP contribution is -2.42. The number of nitrogens with two attached hydrogens (primary N) is 1. The summed E-state index contributed by atoms with van der Waals surface area (Å²) >= 11 is 0. The van der Waals surface area contributed by atoms with Gasteiger partial charge in [0.25, 0.3) is 5.56 Å². The molecule has 48 heavy (non-hydrogen) atoms. The molecular formula is C37H36F3N3O5. The van der Waals surface area contributed by atoms with E-state index in [0.717, 1.165) is 61.6 Å². The first-order valence-corrected chi connectivity index (χ1v) is 16.2. The van der Waals surface area contributed by atoms with Gasteiger partial charge in [0.1, 0.15) is 35.2 Å². The molecule has 2 fully saturated rings. The molecule has 0 bridgehead atoms. The maximum Gasteiger partial charge on any atom is 0.328 e. The Balaban J connectivity index is 1.13. The van der Waals surface area contributed by atoms with E-state index >= 15 is 8.78 Å². The number of esters is 1. The van der Waals surface area contributed by atoms with E-state index in [1.165, 1.54) is 18.2 Å². The van der Waals surface area contributed by atoms with Crippen molar-refractivity contribution in [1.82, 2.24) is 9.88 Å². The molecule has 8 nitrogen and oxygen atoms in total. The fraction of sp³-hybridized carbons (Fsp3) is 0.324. The topological polar surface area (TPSA) is 113 Å². The summed E-state index contributed by atoms with van der Waals surface area (Å²) in [5, 5.41) is 3.48. The first-order chi connectivity index (χ1) is 23.2. The number of anilines is 1. The van der Waals surface area contributed by atoms with Crippen LogP contribution >= 0.6 is 0 Å². The van der Waals surface area contributed by atoms with Gasteiger partial charge in [-0.3, -0.25) is 19.5 Å². The molecule has 4 aromatic rings. The summed E-state index contributed by atoms with van der Waals surface area (Å²) in [6.07, 6.45) is 5.95. The number of ketones is 1. The van der Waals surface area contributed by atoms with Gasteiger partial charge in [-0.2, -0.15) is 0 Å². The Bertz CT molecular complexity index is 1810. The molecule has 1 unspecified atom stereocenters. The molecule has 11 heteroatoms. The zero-order valence-electron chi connectivity index (χ0n) is 26.2. The zero-order chi connectivity index (χ0) is 33.8. The van der Waals surface area contributed by atoms with E-state index in [-0.39, 0.29) is 41.1 Å². The molecule has 0 radical (unpaired) electrons. The summed E-state index contributed by atoms with van der Waals surface area (Å²) < 4.78 is 56.7. The van der Waals surface area contributed by atoms with Gasteiger partial charge < -0.3 is 15.2 Å². The van der Waals surface area contributed by atoms with Gasteiger partial charge in [0.2, 0.25) is 0 Å². The van der Waals surface area contributed by atoms with Crippen molar-refractivity contribution in [3.63, 3.8) is 0 Å². The van der Waals surface area contributed by atoms with E-state index in [0.29, 0.717) is 30.3 Å². The molecule has 6 rings (SSSR count). The van der Waals surface area contributed by atoms with Crippen LogP contribution in [-0.2, 0) is 9.53 Å². The standard InChI is InChI=1S/C37H36F3N3O5/c38-24-12-10-23(11-13-24)35(45)29-18-19-32(44)43(36(29)41)34-30(39)20-28(21-31(34)40)47-27-16-14-25(15-17-27)42-33(22-6-2-1-3-7-22)37(46)48-26-8-4-5-9-26/h1-3,6-7,10-13,18-21,25-27,33,42H,4-5,8-9,14-17,41H2. The molecule has 2 saturated carbocycles. The number of aromatic nitrogens is 1. The molecular weight excluding hydrogens is 623 g/mol. The molecule has 250 valence electrons. The van der Waals surface area contributed by atoms with Crippen molar-refractivity contribution < 1.29 is 32.2 Å². The average molecular weight is 660 g/mol. The van der Waals surface area contributed by atoms with Crippen molar-refractivity contribution in [1.29, 1.82) is 0 Å². The number of hydrogen-bond donors (Lipinski definition) is 2. The second-order valence-corrected chi connectivity index (χ2v) is 12.3. The molecule has 2 aliphatic carbocycles. The van der Waals surface area contributed by atoms with Crippen LogP contribution in [0.4, 0.5) is 19.0 Å². The third-order valence-electron chi connectivity index (χ3n) is 9.03. The molecule has 3 aromatic carbocycles. The summed E-state index contributed by atoms with van der Waals surface area (Å²) in [5.74, 6) is -4.21. The Morgan fingerprint density at radius 2 is 1.46 bits per heavy atom. The van der Waals surface area contributed by atoms with E-state index < -0.39 is 46.3 Å². The third kappa shape index (κ3) is 7.31. The number of hydrogen-bond acceptors (Lipinski definition) is 7. The maximum absolute atomic E-state index is 15.5. The second-order valence-electron chi connectivity index (χ2n) is 12.3. The Morgan fingerprint density at radius 3 is 2.10 bits per heavy atom.